The lowest BCUT2D eigenvalue weighted by molar-refractivity contribution is -0.149. The van der Waals surface area contributed by atoms with E-state index >= 15 is 0 Å². The molecule has 160 valence electrons. The van der Waals surface area contributed by atoms with Crippen LogP contribution in [0, 0.1) is 5.92 Å². The standard InChI is InChI=1S/C24H31N3O3/c1-3-29-23(28)20-13-16-27(17-14-20)24(25-2)26-15-18-30-22-12-8-7-11-21(22)19-9-5-4-6-10-19/h4-12,20H,3,13-18H2,1-2H3,(H,25,26). The van der Waals surface area contributed by atoms with E-state index in [0.29, 0.717) is 19.8 Å². The van der Waals surface area contributed by atoms with Gasteiger partial charge >= 0.3 is 5.97 Å². The van der Waals surface area contributed by atoms with Crippen molar-refractivity contribution in [3.63, 3.8) is 0 Å². The molecule has 1 aliphatic heterocycles. The van der Waals surface area contributed by atoms with Crippen molar-refractivity contribution in [1.82, 2.24) is 10.2 Å². The van der Waals surface area contributed by atoms with Crippen LogP contribution in [0.1, 0.15) is 19.8 Å². The van der Waals surface area contributed by atoms with E-state index in [4.69, 9.17) is 9.47 Å². The first kappa shape index (κ1) is 21.7. The van der Waals surface area contributed by atoms with Crippen molar-refractivity contribution in [2.24, 2.45) is 10.9 Å². The summed E-state index contributed by atoms with van der Waals surface area (Å²) in [5.74, 6) is 1.63. The number of ether oxygens (including phenoxy) is 2. The summed E-state index contributed by atoms with van der Waals surface area (Å²) < 4.78 is 11.2. The van der Waals surface area contributed by atoms with Crippen LogP contribution in [0.4, 0.5) is 0 Å². The highest BCUT2D eigenvalue weighted by Gasteiger charge is 2.27. The lowest BCUT2D eigenvalue weighted by Gasteiger charge is -2.33. The van der Waals surface area contributed by atoms with Crippen molar-refractivity contribution >= 4 is 11.9 Å². The third kappa shape index (κ3) is 5.75. The fourth-order valence-electron chi connectivity index (χ4n) is 3.69. The summed E-state index contributed by atoms with van der Waals surface area (Å²) in [5.41, 5.74) is 2.23. The number of nitrogens with one attached hydrogen (secondary N) is 1. The predicted molar refractivity (Wildman–Crippen MR) is 120 cm³/mol. The maximum absolute atomic E-state index is 11.9. The third-order valence-electron chi connectivity index (χ3n) is 5.24. The van der Waals surface area contributed by atoms with E-state index in [0.717, 1.165) is 48.8 Å². The summed E-state index contributed by atoms with van der Waals surface area (Å²) in [6.07, 6.45) is 1.58. The maximum atomic E-state index is 11.9. The minimum Gasteiger partial charge on any atom is -0.491 e. The second kappa shape index (κ2) is 11.2. The lowest BCUT2D eigenvalue weighted by Crippen LogP contribution is -2.47. The van der Waals surface area contributed by atoms with Gasteiger partial charge in [-0.2, -0.15) is 0 Å². The van der Waals surface area contributed by atoms with E-state index in [2.05, 4.69) is 33.4 Å². The third-order valence-corrected chi connectivity index (χ3v) is 5.24. The number of para-hydroxylation sites is 1. The number of carbonyl (C=O) groups excluding carboxylic acids is 1. The first-order valence-corrected chi connectivity index (χ1v) is 10.6. The monoisotopic (exact) mass is 409 g/mol. The average molecular weight is 410 g/mol. The number of piperidine rings is 1. The summed E-state index contributed by atoms with van der Waals surface area (Å²) in [7, 11) is 1.78. The number of hydrogen-bond donors (Lipinski definition) is 1. The molecular weight excluding hydrogens is 378 g/mol. The van der Waals surface area contributed by atoms with Crippen LogP contribution in [0.25, 0.3) is 11.1 Å². The molecule has 30 heavy (non-hydrogen) atoms. The molecule has 1 N–H and O–H groups in total. The van der Waals surface area contributed by atoms with Crippen molar-refractivity contribution in [1.29, 1.82) is 0 Å². The molecule has 0 saturated carbocycles. The summed E-state index contributed by atoms with van der Waals surface area (Å²) in [4.78, 5) is 18.5. The number of benzene rings is 2. The molecule has 2 aromatic rings. The molecule has 0 aliphatic carbocycles. The Bertz CT molecular complexity index is 831. The zero-order valence-electron chi connectivity index (χ0n) is 17.8. The van der Waals surface area contributed by atoms with Crippen LogP contribution in [-0.2, 0) is 9.53 Å². The van der Waals surface area contributed by atoms with E-state index < -0.39 is 0 Å². The van der Waals surface area contributed by atoms with Gasteiger partial charge in [-0.3, -0.25) is 9.79 Å². The van der Waals surface area contributed by atoms with Gasteiger partial charge in [0.25, 0.3) is 0 Å². The van der Waals surface area contributed by atoms with Gasteiger partial charge in [0.1, 0.15) is 12.4 Å². The van der Waals surface area contributed by atoms with E-state index in [1.807, 2.05) is 43.3 Å². The van der Waals surface area contributed by atoms with E-state index in [1.54, 1.807) is 7.05 Å². The van der Waals surface area contributed by atoms with Crippen molar-refractivity contribution < 1.29 is 14.3 Å². The summed E-state index contributed by atoms with van der Waals surface area (Å²) in [6, 6.07) is 18.3. The minimum absolute atomic E-state index is 0.00266. The highest BCUT2D eigenvalue weighted by Crippen LogP contribution is 2.29. The molecule has 0 spiro atoms. The van der Waals surface area contributed by atoms with E-state index in [1.165, 1.54) is 0 Å². The molecular formula is C24H31N3O3. The largest absolute Gasteiger partial charge is 0.491 e. The average Bonchev–Trinajstić information content (AvgIpc) is 2.80. The SMILES string of the molecule is CCOC(=O)C1CCN(C(=NC)NCCOc2ccccc2-c2ccccc2)CC1. The number of rotatable bonds is 7. The molecule has 0 bridgehead atoms. The maximum Gasteiger partial charge on any atom is 0.309 e. The van der Waals surface area contributed by atoms with Crippen LogP contribution in [-0.4, -0.2) is 56.7 Å². The zero-order valence-corrected chi connectivity index (χ0v) is 17.8. The fraction of sp³-hybridized carbons (Fsp3) is 0.417. The predicted octanol–water partition coefficient (Wildman–Crippen LogP) is 3.58. The minimum atomic E-state index is -0.0782. The number of likely N-dealkylation sites (tertiary alicyclic amines) is 1. The lowest BCUT2D eigenvalue weighted by atomic mass is 9.97. The highest BCUT2D eigenvalue weighted by molar-refractivity contribution is 5.80. The van der Waals surface area contributed by atoms with Gasteiger partial charge in [0.05, 0.1) is 19.1 Å². The van der Waals surface area contributed by atoms with Gasteiger partial charge in [-0.1, -0.05) is 48.5 Å². The first-order valence-electron chi connectivity index (χ1n) is 10.6. The first-order chi connectivity index (χ1) is 14.7. The Kier molecular flexibility index (Phi) is 8.12. The zero-order chi connectivity index (χ0) is 21.2. The van der Waals surface area contributed by atoms with Crippen LogP contribution in [0.5, 0.6) is 5.75 Å². The van der Waals surface area contributed by atoms with Gasteiger partial charge in [-0.05, 0) is 31.4 Å². The van der Waals surface area contributed by atoms with Crippen LogP contribution in [0.2, 0.25) is 0 Å². The van der Waals surface area contributed by atoms with Gasteiger partial charge in [0.15, 0.2) is 5.96 Å². The Morgan fingerprint density at radius 1 is 1.10 bits per heavy atom. The molecule has 1 saturated heterocycles. The van der Waals surface area contributed by atoms with E-state index in [-0.39, 0.29) is 11.9 Å². The molecule has 1 heterocycles. The van der Waals surface area contributed by atoms with Crippen LogP contribution < -0.4 is 10.1 Å². The molecule has 0 unspecified atom stereocenters. The Balaban J connectivity index is 1.47. The second-order valence-corrected chi connectivity index (χ2v) is 7.20. The molecule has 3 rings (SSSR count). The Morgan fingerprint density at radius 3 is 2.50 bits per heavy atom. The van der Waals surface area contributed by atoms with Gasteiger partial charge in [-0.25, -0.2) is 0 Å². The summed E-state index contributed by atoms with van der Waals surface area (Å²) >= 11 is 0. The topological polar surface area (TPSA) is 63.2 Å². The Hall–Kier alpha value is -3.02. The summed E-state index contributed by atoms with van der Waals surface area (Å²) in [5, 5.41) is 3.37. The fourth-order valence-corrected chi connectivity index (χ4v) is 3.69. The van der Waals surface area contributed by atoms with Crippen molar-refractivity contribution in [2.75, 3.05) is 39.9 Å². The van der Waals surface area contributed by atoms with Crippen LogP contribution in [0.15, 0.2) is 59.6 Å². The molecule has 1 fully saturated rings. The highest BCUT2D eigenvalue weighted by atomic mass is 16.5. The quantitative estimate of drug-likeness (QED) is 0.328. The van der Waals surface area contributed by atoms with Crippen molar-refractivity contribution in [2.45, 2.75) is 19.8 Å². The number of guanidine groups is 1. The van der Waals surface area contributed by atoms with Gasteiger partial charge in [0.2, 0.25) is 0 Å². The number of carbonyl (C=O) groups is 1. The molecule has 6 heteroatoms. The van der Waals surface area contributed by atoms with Gasteiger partial charge in [0, 0.05) is 25.7 Å². The molecule has 6 nitrogen and oxygen atoms in total. The van der Waals surface area contributed by atoms with Gasteiger partial charge in [-0.15, -0.1) is 0 Å². The number of aliphatic imine (C=N–C) groups is 1. The molecule has 0 amide bonds. The molecule has 0 aromatic heterocycles. The van der Waals surface area contributed by atoms with Crippen LogP contribution in [0.3, 0.4) is 0 Å². The smallest absolute Gasteiger partial charge is 0.309 e. The number of nitrogens with zero attached hydrogens (tertiary/aromatic N) is 2. The normalized spacial score (nSPS) is 15.0. The number of esters is 1. The Morgan fingerprint density at radius 2 is 1.80 bits per heavy atom. The van der Waals surface area contributed by atoms with Crippen molar-refractivity contribution in [3.05, 3.63) is 54.6 Å². The van der Waals surface area contributed by atoms with Crippen molar-refractivity contribution in [3.8, 4) is 16.9 Å². The van der Waals surface area contributed by atoms with Gasteiger partial charge < -0.3 is 19.7 Å². The van der Waals surface area contributed by atoms with E-state index in [9.17, 15) is 4.79 Å². The molecule has 0 radical (unpaired) electrons. The Labute approximate surface area is 178 Å². The number of hydrogen-bond acceptors (Lipinski definition) is 4. The summed E-state index contributed by atoms with van der Waals surface area (Å²) in [6.45, 7) is 5.05. The second-order valence-electron chi connectivity index (χ2n) is 7.20. The molecule has 0 atom stereocenters. The molecule has 2 aromatic carbocycles. The molecule has 1 aliphatic rings. The van der Waals surface area contributed by atoms with Crippen LogP contribution >= 0.6 is 0 Å².